The average Bonchev–Trinajstić information content (AvgIpc) is 3.33. The van der Waals surface area contributed by atoms with Crippen LogP contribution in [0.15, 0.2) is 53.1 Å². The number of hydrogen-bond donors (Lipinski definition) is 2. The first-order valence-electron chi connectivity index (χ1n) is 11.5. The summed E-state index contributed by atoms with van der Waals surface area (Å²) in [7, 11) is 1.58. The molecule has 1 saturated heterocycles. The minimum Gasteiger partial charge on any atom is -0.383 e. The Labute approximate surface area is 208 Å². The average molecular weight is 498 g/mol. The fourth-order valence-electron chi connectivity index (χ4n) is 3.97. The fraction of sp³-hybridized carbons (Fsp3) is 0.360. The number of likely N-dealkylation sites (tertiary alicyclic amines) is 1. The summed E-state index contributed by atoms with van der Waals surface area (Å²) < 4.78 is 10.4. The van der Waals surface area contributed by atoms with Crippen LogP contribution in [0.2, 0.25) is 5.02 Å². The lowest BCUT2D eigenvalue weighted by molar-refractivity contribution is -0.121. The van der Waals surface area contributed by atoms with Crippen LogP contribution in [-0.4, -0.2) is 60.2 Å². The highest BCUT2D eigenvalue weighted by Crippen LogP contribution is 2.23. The molecule has 2 amide bonds. The zero-order valence-corrected chi connectivity index (χ0v) is 20.3. The molecule has 3 aromatic rings. The quantitative estimate of drug-likeness (QED) is 0.434. The first-order chi connectivity index (χ1) is 17.0. The maximum Gasteiger partial charge on any atom is 0.253 e. The molecule has 35 heavy (non-hydrogen) atoms. The predicted molar refractivity (Wildman–Crippen MR) is 132 cm³/mol. The van der Waals surface area contributed by atoms with Gasteiger partial charge in [0.15, 0.2) is 0 Å². The van der Waals surface area contributed by atoms with E-state index in [9.17, 15) is 9.59 Å². The number of para-hydroxylation sites is 1. The maximum atomic E-state index is 12.9. The number of carbonyl (C=O) groups excluding carboxylic acids is 2. The summed E-state index contributed by atoms with van der Waals surface area (Å²) in [5.74, 6) is 0.597. The number of amides is 2. The molecule has 4 rings (SSSR count). The van der Waals surface area contributed by atoms with E-state index in [-0.39, 0.29) is 17.7 Å². The van der Waals surface area contributed by atoms with Crippen LogP contribution in [0.5, 0.6) is 0 Å². The van der Waals surface area contributed by atoms with Crippen LogP contribution >= 0.6 is 11.6 Å². The minimum atomic E-state index is -0.245. The maximum absolute atomic E-state index is 12.9. The summed E-state index contributed by atoms with van der Waals surface area (Å²) in [6.07, 6.45) is 1.40. The molecule has 1 aliphatic heterocycles. The van der Waals surface area contributed by atoms with E-state index >= 15 is 0 Å². The topological polar surface area (TPSA) is 110 Å². The van der Waals surface area contributed by atoms with E-state index in [1.54, 1.807) is 43.5 Å². The predicted octanol–water partition coefficient (Wildman–Crippen LogP) is 3.62. The molecule has 0 bridgehead atoms. The number of piperidine rings is 1. The third-order valence-electron chi connectivity index (χ3n) is 5.91. The number of nitrogens with one attached hydrogen (secondary N) is 2. The van der Waals surface area contributed by atoms with Crippen molar-refractivity contribution < 1.29 is 18.8 Å². The molecule has 0 radical (unpaired) electrons. The normalized spacial score (nSPS) is 14.6. The molecule has 2 aromatic carbocycles. The molecule has 1 aromatic heterocycles. The lowest BCUT2D eigenvalue weighted by Crippen LogP contribution is -2.38. The molecule has 2 N–H and O–H groups in total. The first kappa shape index (κ1) is 24.8. The Morgan fingerprint density at radius 3 is 2.63 bits per heavy atom. The van der Waals surface area contributed by atoms with Gasteiger partial charge in [0.1, 0.15) is 0 Å². The Morgan fingerprint density at radius 1 is 1.14 bits per heavy atom. The van der Waals surface area contributed by atoms with Gasteiger partial charge < -0.3 is 19.9 Å². The molecule has 1 fully saturated rings. The molecule has 1 aliphatic rings. The van der Waals surface area contributed by atoms with Crippen LogP contribution in [-0.2, 0) is 16.1 Å². The van der Waals surface area contributed by atoms with Crippen LogP contribution in [0, 0.1) is 5.92 Å². The highest BCUT2D eigenvalue weighted by molar-refractivity contribution is 6.30. The van der Waals surface area contributed by atoms with Gasteiger partial charge in [-0.3, -0.25) is 14.5 Å². The largest absolute Gasteiger partial charge is 0.383 e. The fourth-order valence-corrected chi connectivity index (χ4v) is 4.09. The van der Waals surface area contributed by atoms with Crippen molar-refractivity contribution in [3.63, 3.8) is 0 Å². The smallest absolute Gasteiger partial charge is 0.253 e. The van der Waals surface area contributed by atoms with E-state index in [0.717, 1.165) is 18.7 Å². The Hall–Kier alpha value is -3.27. The van der Waals surface area contributed by atoms with Crippen molar-refractivity contribution in [2.24, 2.45) is 5.92 Å². The van der Waals surface area contributed by atoms with Crippen molar-refractivity contribution in [2.75, 3.05) is 38.7 Å². The Balaban J connectivity index is 1.28. The van der Waals surface area contributed by atoms with Crippen LogP contribution in [0.25, 0.3) is 11.4 Å². The first-order valence-corrected chi connectivity index (χ1v) is 11.9. The van der Waals surface area contributed by atoms with E-state index < -0.39 is 0 Å². The van der Waals surface area contributed by atoms with Gasteiger partial charge in [0.2, 0.25) is 17.6 Å². The number of anilines is 1. The Bertz CT molecular complexity index is 1140. The summed E-state index contributed by atoms with van der Waals surface area (Å²) in [6.45, 7) is 2.81. The van der Waals surface area contributed by atoms with Gasteiger partial charge in [-0.2, -0.15) is 4.98 Å². The Kier molecular flexibility index (Phi) is 8.46. The zero-order valence-electron chi connectivity index (χ0n) is 19.5. The van der Waals surface area contributed by atoms with Gasteiger partial charge in [-0.15, -0.1) is 0 Å². The molecular weight excluding hydrogens is 470 g/mol. The van der Waals surface area contributed by atoms with Gasteiger partial charge in [-0.25, -0.2) is 0 Å². The molecule has 0 unspecified atom stereocenters. The number of halogens is 1. The minimum absolute atomic E-state index is 0.0791. The summed E-state index contributed by atoms with van der Waals surface area (Å²) in [5.41, 5.74) is 1.78. The number of ether oxygens (including phenoxy) is 1. The lowest BCUT2D eigenvalue weighted by atomic mass is 9.95. The molecule has 184 valence electrons. The molecule has 0 spiro atoms. The van der Waals surface area contributed by atoms with Gasteiger partial charge >= 0.3 is 0 Å². The SMILES string of the molecule is COCCNC(=O)c1ccccc1NC(=O)C1CCN(Cc2nc(-c3ccc(Cl)cc3)no2)CC1. The monoisotopic (exact) mass is 497 g/mol. The number of hydrogen-bond acceptors (Lipinski definition) is 7. The molecule has 0 aliphatic carbocycles. The standard InChI is InChI=1S/C25H28ClN5O4/c1-34-15-12-27-25(33)20-4-2-3-5-21(20)28-24(32)18-10-13-31(14-11-18)16-22-29-23(30-35-22)17-6-8-19(26)9-7-17/h2-9,18H,10-16H2,1H3,(H,27,33)(H,28,32). The second-order valence-electron chi connectivity index (χ2n) is 8.35. The highest BCUT2D eigenvalue weighted by Gasteiger charge is 2.27. The highest BCUT2D eigenvalue weighted by atomic mass is 35.5. The van der Waals surface area contributed by atoms with Gasteiger partial charge in [0.05, 0.1) is 24.4 Å². The van der Waals surface area contributed by atoms with Crippen molar-refractivity contribution >= 4 is 29.1 Å². The number of nitrogens with zero attached hydrogens (tertiary/aromatic N) is 3. The number of methoxy groups -OCH3 is 1. The number of carbonyl (C=O) groups is 2. The molecule has 0 atom stereocenters. The lowest BCUT2D eigenvalue weighted by Gasteiger charge is -2.30. The van der Waals surface area contributed by atoms with Crippen LogP contribution in [0.3, 0.4) is 0 Å². The van der Waals surface area contributed by atoms with Gasteiger partial charge in [-0.05, 0) is 62.3 Å². The van der Waals surface area contributed by atoms with Crippen molar-refractivity contribution in [2.45, 2.75) is 19.4 Å². The number of aromatic nitrogens is 2. The molecule has 0 saturated carbocycles. The van der Waals surface area contributed by atoms with E-state index in [2.05, 4.69) is 25.7 Å². The second-order valence-corrected chi connectivity index (χ2v) is 8.79. The van der Waals surface area contributed by atoms with E-state index in [0.29, 0.717) is 60.5 Å². The van der Waals surface area contributed by atoms with Crippen molar-refractivity contribution in [1.29, 1.82) is 0 Å². The number of rotatable bonds is 9. The van der Waals surface area contributed by atoms with Crippen molar-refractivity contribution in [3.8, 4) is 11.4 Å². The van der Waals surface area contributed by atoms with Gasteiger partial charge in [0.25, 0.3) is 5.91 Å². The molecule has 9 nitrogen and oxygen atoms in total. The van der Waals surface area contributed by atoms with E-state index in [4.69, 9.17) is 20.9 Å². The van der Waals surface area contributed by atoms with Gasteiger partial charge in [-0.1, -0.05) is 28.9 Å². The molecular formula is C25H28ClN5O4. The van der Waals surface area contributed by atoms with Crippen LogP contribution in [0.1, 0.15) is 29.1 Å². The second kappa shape index (κ2) is 11.9. The van der Waals surface area contributed by atoms with E-state index in [1.165, 1.54) is 0 Å². The third kappa shape index (κ3) is 6.66. The zero-order chi connectivity index (χ0) is 24.6. The number of benzene rings is 2. The van der Waals surface area contributed by atoms with Crippen molar-refractivity contribution in [3.05, 3.63) is 65.0 Å². The summed E-state index contributed by atoms with van der Waals surface area (Å²) >= 11 is 5.94. The van der Waals surface area contributed by atoms with E-state index in [1.807, 2.05) is 12.1 Å². The Morgan fingerprint density at radius 2 is 1.89 bits per heavy atom. The summed E-state index contributed by atoms with van der Waals surface area (Å²) in [4.78, 5) is 32.1. The third-order valence-corrected chi connectivity index (χ3v) is 6.16. The van der Waals surface area contributed by atoms with Gasteiger partial charge in [0, 0.05) is 30.2 Å². The summed E-state index contributed by atoms with van der Waals surface area (Å²) in [5, 5.41) is 10.4. The van der Waals surface area contributed by atoms with Crippen LogP contribution < -0.4 is 10.6 Å². The van der Waals surface area contributed by atoms with Crippen molar-refractivity contribution in [1.82, 2.24) is 20.4 Å². The molecule has 2 heterocycles. The molecule has 10 heteroatoms. The van der Waals surface area contributed by atoms with Crippen LogP contribution in [0.4, 0.5) is 5.69 Å². The summed E-state index contributed by atoms with van der Waals surface area (Å²) in [6, 6.07) is 14.3.